The SMILES string of the molecule is COc1ccc(N(CC(=O)N(Cc2cccc(Br)c2)[C@H](Cc2ccccc2)C(=O)NC(C)(C)C)S(=O)(=O)c2ccccc2)cc1OC. The number of hydrogen-bond acceptors (Lipinski definition) is 6. The van der Waals surface area contributed by atoms with Crippen molar-refractivity contribution in [1.29, 1.82) is 0 Å². The summed E-state index contributed by atoms with van der Waals surface area (Å²) in [5, 5.41) is 3.04. The van der Waals surface area contributed by atoms with E-state index in [1.54, 1.807) is 30.3 Å². The molecule has 47 heavy (non-hydrogen) atoms. The van der Waals surface area contributed by atoms with Crippen LogP contribution in [0.4, 0.5) is 5.69 Å². The van der Waals surface area contributed by atoms with Crippen LogP contribution in [-0.4, -0.2) is 57.5 Å². The zero-order valence-corrected chi connectivity index (χ0v) is 29.5. The molecule has 11 heteroatoms. The minimum absolute atomic E-state index is 0.00689. The zero-order valence-electron chi connectivity index (χ0n) is 27.1. The fourth-order valence-electron chi connectivity index (χ4n) is 5.07. The molecular formula is C36H40BrN3O6S. The van der Waals surface area contributed by atoms with Crippen molar-refractivity contribution in [2.24, 2.45) is 0 Å². The van der Waals surface area contributed by atoms with Crippen LogP contribution in [-0.2, 0) is 32.6 Å². The third-order valence-electron chi connectivity index (χ3n) is 7.28. The summed E-state index contributed by atoms with van der Waals surface area (Å²) < 4.78 is 41.2. The summed E-state index contributed by atoms with van der Waals surface area (Å²) in [7, 11) is -1.33. The van der Waals surface area contributed by atoms with Crippen molar-refractivity contribution in [1.82, 2.24) is 10.2 Å². The van der Waals surface area contributed by atoms with Crippen molar-refractivity contribution in [3.63, 3.8) is 0 Å². The Morgan fingerprint density at radius 3 is 2.02 bits per heavy atom. The number of benzene rings is 4. The van der Waals surface area contributed by atoms with Gasteiger partial charge in [-0.05, 0) is 68.3 Å². The number of carbonyl (C=O) groups excluding carboxylic acids is 2. The van der Waals surface area contributed by atoms with Gasteiger partial charge in [0.1, 0.15) is 12.6 Å². The van der Waals surface area contributed by atoms with Gasteiger partial charge in [0.2, 0.25) is 11.8 Å². The van der Waals surface area contributed by atoms with Gasteiger partial charge in [-0.1, -0.05) is 76.6 Å². The second-order valence-corrected chi connectivity index (χ2v) is 14.7. The van der Waals surface area contributed by atoms with Gasteiger partial charge in [-0.2, -0.15) is 0 Å². The van der Waals surface area contributed by atoms with E-state index in [9.17, 15) is 18.0 Å². The van der Waals surface area contributed by atoms with Gasteiger partial charge in [-0.25, -0.2) is 8.42 Å². The van der Waals surface area contributed by atoms with Gasteiger partial charge in [0.05, 0.1) is 24.8 Å². The Morgan fingerprint density at radius 2 is 1.43 bits per heavy atom. The number of methoxy groups -OCH3 is 2. The molecule has 0 heterocycles. The molecule has 4 rings (SSSR count). The first-order valence-corrected chi connectivity index (χ1v) is 17.3. The summed E-state index contributed by atoms with van der Waals surface area (Å²) in [6.45, 7) is 5.08. The van der Waals surface area contributed by atoms with E-state index < -0.39 is 34.1 Å². The van der Waals surface area contributed by atoms with Crippen LogP contribution >= 0.6 is 15.9 Å². The first-order valence-electron chi connectivity index (χ1n) is 15.0. The van der Waals surface area contributed by atoms with Crippen LogP contribution in [0.15, 0.2) is 112 Å². The van der Waals surface area contributed by atoms with E-state index in [1.165, 1.54) is 37.3 Å². The Hall–Kier alpha value is -4.35. The smallest absolute Gasteiger partial charge is 0.264 e. The minimum Gasteiger partial charge on any atom is -0.493 e. The molecule has 0 radical (unpaired) electrons. The summed E-state index contributed by atoms with van der Waals surface area (Å²) in [6.07, 6.45) is 0.213. The predicted octanol–water partition coefficient (Wildman–Crippen LogP) is 6.22. The standard InChI is InChI=1S/C36H40BrN3O6S/c1-36(2,3)38-35(42)31(22-26-13-8-6-9-14-26)39(24-27-15-12-16-28(37)21-27)34(41)25-40(47(43,44)30-17-10-7-11-18-30)29-19-20-32(45-4)33(23-29)46-5/h6-21,23,31H,22,24-25H2,1-5H3,(H,38,42)/t31-/m1/s1. The zero-order chi connectivity index (χ0) is 34.2. The minimum atomic E-state index is -4.26. The van der Waals surface area contributed by atoms with E-state index in [-0.39, 0.29) is 29.5 Å². The predicted molar refractivity (Wildman–Crippen MR) is 187 cm³/mol. The number of halogens is 1. The number of nitrogens with zero attached hydrogens (tertiary/aromatic N) is 2. The summed E-state index contributed by atoms with van der Waals surface area (Å²) >= 11 is 3.50. The first kappa shape index (κ1) is 35.5. The van der Waals surface area contributed by atoms with Gasteiger partial charge in [-0.15, -0.1) is 0 Å². The van der Waals surface area contributed by atoms with Crippen LogP contribution in [0.1, 0.15) is 31.9 Å². The molecule has 4 aromatic carbocycles. The molecule has 0 saturated carbocycles. The highest BCUT2D eigenvalue weighted by molar-refractivity contribution is 9.10. The number of nitrogens with one attached hydrogen (secondary N) is 1. The molecule has 0 aliphatic carbocycles. The van der Waals surface area contributed by atoms with Gasteiger partial charge in [0.25, 0.3) is 10.0 Å². The van der Waals surface area contributed by atoms with Crippen molar-refractivity contribution in [3.05, 3.63) is 119 Å². The molecule has 0 aromatic heterocycles. The Morgan fingerprint density at radius 1 is 0.809 bits per heavy atom. The van der Waals surface area contributed by atoms with E-state index in [0.29, 0.717) is 11.5 Å². The molecule has 0 saturated heterocycles. The molecule has 1 atom stereocenters. The third kappa shape index (κ3) is 9.36. The molecule has 4 aromatic rings. The maximum absolute atomic E-state index is 14.6. The van der Waals surface area contributed by atoms with Crippen LogP contribution in [0.25, 0.3) is 0 Å². The molecular weight excluding hydrogens is 682 g/mol. The largest absolute Gasteiger partial charge is 0.493 e. The second kappa shape index (κ2) is 15.5. The maximum atomic E-state index is 14.6. The van der Waals surface area contributed by atoms with E-state index in [4.69, 9.17) is 9.47 Å². The number of anilines is 1. The van der Waals surface area contributed by atoms with Crippen molar-refractivity contribution in [2.45, 2.75) is 50.2 Å². The molecule has 0 spiro atoms. The molecule has 0 unspecified atom stereocenters. The fourth-order valence-corrected chi connectivity index (χ4v) is 6.94. The molecule has 2 amide bonds. The Kier molecular flexibility index (Phi) is 11.7. The molecule has 0 aliphatic rings. The van der Waals surface area contributed by atoms with Gasteiger partial charge in [-0.3, -0.25) is 13.9 Å². The maximum Gasteiger partial charge on any atom is 0.264 e. The van der Waals surface area contributed by atoms with Crippen LogP contribution in [0, 0.1) is 0 Å². The van der Waals surface area contributed by atoms with E-state index in [0.717, 1.165) is 19.9 Å². The summed E-state index contributed by atoms with van der Waals surface area (Å²) in [6, 6.07) is 28.5. The lowest BCUT2D eigenvalue weighted by atomic mass is 10.0. The van der Waals surface area contributed by atoms with Gasteiger partial charge >= 0.3 is 0 Å². The van der Waals surface area contributed by atoms with Gasteiger partial charge in [0.15, 0.2) is 11.5 Å². The number of ether oxygens (including phenoxy) is 2. The number of sulfonamides is 1. The van der Waals surface area contributed by atoms with Gasteiger partial charge < -0.3 is 19.7 Å². The van der Waals surface area contributed by atoms with Crippen molar-refractivity contribution in [2.75, 3.05) is 25.1 Å². The normalized spacial score (nSPS) is 12.1. The Labute approximate surface area is 285 Å². The average Bonchev–Trinajstić information content (AvgIpc) is 3.04. The van der Waals surface area contributed by atoms with E-state index in [2.05, 4.69) is 21.2 Å². The third-order valence-corrected chi connectivity index (χ3v) is 9.56. The highest BCUT2D eigenvalue weighted by Crippen LogP contribution is 2.34. The molecule has 0 bridgehead atoms. The molecule has 248 valence electrons. The van der Waals surface area contributed by atoms with Gasteiger partial charge in [0, 0.05) is 29.0 Å². The van der Waals surface area contributed by atoms with Crippen LogP contribution < -0.4 is 19.1 Å². The Balaban J connectivity index is 1.85. The van der Waals surface area contributed by atoms with Crippen molar-refractivity contribution < 1.29 is 27.5 Å². The lowest BCUT2D eigenvalue weighted by Crippen LogP contribution is -2.56. The molecule has 0 fully saturated rings. The van der Waals surface area contributed by atoms with E-state index in [1.807, 2.05) is 75.4 Å². The summed E-state index contributed by atoms with van der Waals surface area (Å²) in [5.41, 5.74) is 1.22. The molecule has 1 N–H and O–H groups in total. The lowest BCUT2D eigenvalue weighted by Gasteiger charge is -2.35. The van der Waals surface area contributed by atoms with Crippen LogP contribution in [0.5, 0.6) is 11.5 Å². The topological polar surface area (TPSA) is 105 Å². The van der Waals surface area contributed by atoms with Crippen LogP contribution in [0.2, 0.25) is 0 Å². The van der Waals surface area contributed by atoms with Crippen LogP contribution in [0.3, 0.4) is 0 Å². The Bertz CT molecular complexity index is 1780. The number of amides is 2. The highest BCUT2D eigenvalue weighted by atomic mass is 79.9. The lowest BCUT2D eigenvalue weighted by molar-refractivity contribution is -0.140. The average molecular weight is 723 g/mol. The second-order valence-electron chi connectivity index (χ2n) is 12.0. The first-order chi connectivity index (χ1) is 22.3. The monoisotopic (exact) mass is 721 g/mol. The number of carbonyl (C=O) groups is 2. The van der Waals surface area contributed by atoms with Crippen molar-refractivity contribution in [3.8, 4) is 11.5 Å². The highest BCUT2D eigenvalue weighted by Gasteiger charge is 2.36. The number of rotatable bonds is 13. The van der Waals surface area contributed by atoms with Crippen molar-refractivity contribution >= 4 is 43.5 Å². The summed E-state index contributed by atoms with van der Waals surface area (Å²) in [5.74, 6) is -0.224. The fraction of sp³-hybridized carbons (Fsp3) is 0.278. The summed E-state index contributed by atoms with van der Waals surface area (Å²) in [4.78, 5) is 30.1. The molecule has 0 aliphatic heterocycles. The molecule has 9 nitrogen and oxygen atoms in total. The quantitative estimate of drug-likeness (QED) is 0.176. The van der Waals surface area contributed by atoms with E-state index >= 15 is 0 Å². The number of hydrogen-bond donors (Lipinski definition) is 1.